The van der Waals surface area contributed by atoms with Crippen LogP contribution in [0.5, 0.6) is 0 Å². The summed E-state index contributed by atoms with van der Waals surface area (Å²) in [6.07, 6.45) is 3.79. The molecule has 0 amide bonds. The van der Waals surface area contributed by atoms with E-state index in [0.29, 0.717) is 5.41 Å². The maximum Gasteiger partial charge on any atom is 0.0139 e. The fraction of sp³-hybridized carbons (Fsp3) is 0.667. The van der Waals surface area contributed by atoms with Gasteiger partial charge in [0.15, 0.2) is 0 Å². The first-order valence-corrected chi connectivity index (χ1v) is 8.84. The molecule has 1 aliphatic heterocycles. The number of benzene rings is 1. The third-order valence-electron chi connectivity index (χ3n) is 4.30. The van der Waals surface area contributed by atoms with Crippen LogP contribution >= 0.6 is 11.8 Å². The Balaban J connectivity index is 1.92. The molecule has 0 bridgehead atoms. The lowest BCUT2D eigenvalue weighted by molar-refractivity contribution is 0.218. The summed E-state index contributed by atoms with van der Waals surface area (Å²) in [5.74, 6) is 0.751. The van der Waals surface area contributed by atoms with E-state index >= 15 is 0 Å². The molecular weight excluding hydrogens is 262 g/mol. The molecule has 2 unspecified atom stereocenters. The Labute approximate surface area is 128 Å². The van der Waals surface area contributed by atoms with Crippen molar-refractivity contribution in [3.8, 4) is 0 Å². The second kappa shape index (κ2) is 7.00. The quantitative estimate of drug-likeness (QED) is 0.759. The topological polar surface area (TPSA) is 12.0 Å². The van der Waals surface area contributed by atoms with E-state index in [2.05, 4.69) is 69.0 Å². The Morgan fingerprint density at radius 1 is 1.30 bits per heavy atom. The molecule has 0 aliphatic carbocycles. The minimum absolute atomic E-state index is 0.385. The van der Waals surface area contributed by atoms with Crippen molar-refractivity contribution in [1.82, 2.24) is 5.32 Å². The highest BCUT2D eigenvalue weighted by atomic mass is 32.2. The van der Waals surface area contributed by atoms with Crippen LogP contribution in [0.2, 0.25) is 0 Å². The van der Waals surface area contributed by atoms with Crippen LogP contribution in [0.15, 0.2) is 29.2 Å². The average molecular weight is 292 g/mol. The van der Waals surface area contributed by atoms with Gasteiger partial charge >= 0.3 is 0 Å². The van der Waals surface area contributed by atoms with Crippen molar-refractivity contribution < 1.29 is 0 Å². The standard InChI is InChI=1S/C18H29NS/c1-5-10-19-13-15(18(2,3)4)12-16-11-14-8-6-7-9-17(14)20-16/h6-9,15-16,19H,5,10-13H2,1-4H3. The molecule has 1 aliphatic rings. The number of hydrogen-bond acceptors (Lipinski definition) is 2. The van der Waals surface area contributed by atoms with Crippen LogP contribution < -0.4 is 5.32 Å². The maximum absolute atomic E-state index is 3.63. The first kappa shape index (κ1) is 15.9. The maximum atomic E-state index is 3.63. The van der Waals surface area contributed by atoms with E-state index in [-0.39, 0.29) is 0 Å². The van der Waals surface area contributed by atoms with E-state index in [4.69, 9.17) is 0 Å². The SMILES string of the molecule is CCCNCC(CC1Cc2ccccc2S1)C(C)(C)C. The minimum Gasteiger partial charge on any atom is -0.316 e. The van der Waals surface area contributed by atoms with Crippen LogP contribution in [0, 0.1) is 11.3 Å². The van der Waals surface area contributed by atoms with Gasteiger partial charge in [-0.1, -0.05) is 45.9 Å². The molecular formula is C18H29NS. The number of nitrogens with one attached hydrogen (secondary N) is 1. The van der Waals surface area contributed by atoms with Crippen molar-refractivity contribution in [2.75, 3.05) is 13.1 Å². The van der Waals surface area contributed by atoms with Crippen LogP contribution in [-0.4, -0.2) is 18.3 Å². The van der Waals surface area contributed by atoms with Crippen molar-refractivity contribution in [3.05, 3.63) is 29.8 Å². The molecule has 2 heteroatoms. The zero-order chi connectivity index (χ0) is 14.6. The van der Waals surface area contributed by atoms with E-state index in [1.807, 2.05) is 0 Å². The number of thioether (sulfide) groups is 1. The highest BCUT2D eigenvalue weighted by Gasteiger charge is 2.30. The molecule has 1 aromatic rings. The third kappa shape index (κ3) is 4.26. The van der Waals surface area contributed by atoms with Gasteiger partial charge < -0.3 is 5.32 Å². The molecule has 0 fully saturated rings. The summed E-state index contributed by atoms with van der Waals surface area (Å²) in [5, 5.41) is 4.39. The highest BCUT2D eigenvalue weighted by molar-refractivity contribution is 8.00. The van der Waals surface area contributed by atoms with Crippen LogP contribution in [-0.2, 0) is 6.42 Å². The van der Waals surface area contributed by atoms with Gasteiger partial charge in [0, 0.05) is 10.1 Å². The summed E-state index contributed by atoms with van der Waals surface area (Å²) in [6, 6.07) is 8.91. The van der Waals surface area contributed by atoms with Gasteiger partial charge in [-0.3, -0.25) is 0 Å². The number of rotatable bonds is 6. The van der Waals surface area contributed by atoms with Gasteiger partial charge in [0.1, 0.15) is 0 Å². The van der Waals surface area contributed by atoms with Gasteiger partial charge in [0.2, 0.25) is 0 Å². The Hall–Kier alpha value is -0.470. The van der Waals surface area contributed by atoms with Crippen molar-refractivity contribution in [3.63, 3.8) is 0 Å². The average Bonchev–Trinajstić information content (AvgIpc) is 2.79. The predicted octanol–water partition coefficient (Wildman–Crippen LogP) is 4.76. The minimum atomic E-state index is 0.385. The van der Waals surface area contributed by atoms with Crippen LogP contribution in [0.25, 0.3) is 0 Å². The summed E-state index contributed by atoms with van der Waals surface area (Å²) in [4.78, 5) is 1.51. The molecule has 1 N–H and O–H groups in total. The van der Waals surface area contributed by atoms with Gasteiger partial charge in [-0.05, 0) is 55.3 Å². The zero-order valence-corrected chi connectivity index (χ0v) is 14.2. The van der Waals surface area contributed by atoms with Crippen molar-refractivity contribution in [2.45, 2.75) is 57.1 Å². The second-order valence-electron chi connectivity index (χ2n) is 7.05. The highest BCUT2D eigenvalue weighted by Crippen LogP contribution is 2.42. The molecule has 20 heavy (non-hydrogen) atoms. The molecule has 112 valence electrons. The van der Waals surface area contributed by atoms with E-state index in [1.54, 1.807) is 5.56 Å². The first-order valence-electron chi connectivity index (χ1n) is 7.96. The molecule has 2 rings (SSSR count). The predicted molar refractivity (Wildman–Crippen MR) is 90.5 cm³/mol. The molecule has 1 nitrogen and oxygen atoms in total. The van der Waals surface area contributed by atoms with Crippen molar-refractivity contribution in [1.29, 1.82) is 0 Å². The normalized spacial score (nSPS) is 19.9. The Morgan fingerprint density at radius 2 is 2.05 bits per heavy atom. The van der Waals surface area contributed by atoms with E-state index < -0.39 is 0 Å². The zero-order valence-electron chi connectivity index (χ0n) is 13.4. The Kier molecular flexibility index (Phi) is 5.57. The van der Waals surface area contributed by atoms with Crippen LogP contribution in [0.4, 0.5) is 0 Å². The lowest BCUT2D eigenvalue weighted by Gasteiger charge is -2.33. The van der Waals surface area contributed by atoms with E-state index in [1.165, 1.54) is 24.2 Å². The van der Waals surface area contributed by atoms with Crippen LogP contribution in [0.1, 0.15) is 46.1 Å². The monoisotopic (exact) mass is 291 g/mol. The third-order valence-corrected chi connectivity index (χ3v) is 5.65. The van der Waals surface area contributed by atoms with Crippen molar-refractivity contribution in [2.24, 2.45) is 11.3 Å². The molecule has 0 aromatic heterocycles. The molecule has 0 spiro atoms. The lowest BCUT2D eigenvalue weighted by Crippen LogP contribution is -2.34. The van der Waals surface area contributed by atoms with E-state index in [9.17, 15) is 0 Å². The summed E-state index contributed by atoms with van der Waals surface area (Å²) in [5.41, 5.74) is 1.94. The summed E-state index contributed by atoms with van der Waals surface area (Å²) in [7, 11) is 0. The molecule has 1 heterocycles. The van der Waals surface area contributed by atoms with Gasteiger partial charge in [0.25, 0.3) is 0 Å². The molecule has 0 saturated heterocycles. The fourth-order valence-corrected chi connectivity index (χ4v) is 4.31. The largest absolute Gasteiger partial charge is 0.316 e. The molecule has 1 aromatic carbocycles. The Morgan fingerprint density at radius 3 is 2.70 bits per heavy atom. The summed E-state index contributed by atoms with van der Waals surface area (Å²) >= 11 is 2.09. The van der Waals surface area contributed by atoms with Gasteiger partial charge in [-0.15, -0.1) is 11.8 Å². The van der Waals surface area contributed by atoms with Crippen molar-refractivity contribution >= 4 is 11.8 Å². The molecule has 0 radical (unpaired) electrons. The fourth-order valence-electron chi connectivity index (χ4n) is 2.90. The Bertz CT molecular complexity index is 397. The lowest BCUT2D eigenvalue weighted by atomic mass is 9.77. The number of fused-ring (bicyclic) bond motifs is 1. The van der Waals surface area contributed by atoms with Gasteiger partial charge in [-0.25, -0.2) is 0 Å². The summed E-state index contributed by atoms with van der Waals surface area (Å²) < 4.78 is 0. The molecule has 2 atom stereocenters. The number of hydrogen-bond donors (Lipinski definition) is 1. The van der Waals surface area contributed by atoms with Gasteiger partial charge in [-0.2, -0.15) is 0 Å². The molecule has 0 saturated carbocycles. The van der Waals surface area contributed by atoms with E-state index in [0.717, 1.165) is 24.3 Å². The summed E-state index contributed by atoms with van der Waals surface area (Å²) in [6.45, 7) is 11.7. The smallest absolute Gasteiger partial charge is 0.0139 e. The first-order chi connectivity index (χ1) is 9.50. The van der Waals surface area contributed by atoms with Gasteiger partial charge in [0.05, 0.1) is 0 Å². The second-order valence-corrected chi connectivity index (χ2v) is 8.40. The van der Waals surface area contributed by atoms with Crippen LogP contribution in [0.3, 0.4) is 0 Å².